The minimum absolute atomic E-state index is 0.188. The lowest BCUT2D eigenvalue weighted by atomic mass is 10.1. The molecule has 7 nitrogen and oxygen atoms in total. The summed E-state index contributed by atoms with van der Waals surface area (Å²) in [5.41, 5.74) is 0.956. The number of carbonyl (C=O) groups excluding carboxylic acids is 2. The second-order valence-electron chi connectivity index (χ2n) is 5.53. The normalized spacial score (nSPS) is 10.7. The molecule has 0 aliphatic carbocycles. The first-order valence-electron chi connectivity index (χ1n) is 7.12. The van der Waals surface area contributed by atoms with Gasteiger partial charge in [0.25, 0.3) is 11.8 Å². The third-order valence-corrected chi connectivity index (χ3v) is 3.30. The summed E-state index contributed by atoms with van der Waals surface area (Å²) in [6, 6.07) is 4.72. The topological polar surface area (TPSA) is 88.9 Å². The number of anilines is 1. The van der Waals surface area contributed by atoms with Gasteiger partial charge < -0.3 is 10.6 Å². The van der Waals surface area contributed by atoms with Crippen molar-refractivity contribution >= 4 is 29.1 Å². The molecule has 2 aromatic rings. The molecular weight excluding hydrogens is 318 g/mol. The zero-order valence-corrected chi connectivity index (χ0v) is 13.9. The molecule has 0 unspecified atom stereocenters. The number of aromatic nitrogens is 3. The average molecular weight is 336 g/mol. The molecule has 8 heteroatoms. The Bertz CT molecular complexity index is 726. The van der Waals surface area contributed by atoms with Gasteiger partial charge in [-0.25, -0.2) is 0 Å². The predicted octanol–water partition coefficient (Wildman–Crippen LogP) is 2.11. The van der Waals surface area contributed by atoms with Crippen LogP contribution in [0.2, 0.25) is 5.02 Å². The molecule has 2 N–H and O–H groups in total. The summed E-state index contributed by atoms with van der Waals surface area (Å²) < 4.78 is 1.43. The molecule has 0 aliphatic heterocycles. The Balaban J connectivity index is 2.13. The number of hydrogen-bond donors (Lipinski definition) is 2. The standard InChI is InChI=1S/C15H18ClN5O2/c1-9(2)7-17-14(22)11-6-10(4-5-12(11)16)18-15(23)13-8-21(3)20-19-13/h4-6,8-9H,7H2,1-3H3,(H,17,22)(H,18,23). The number of aryl methyl sites for hydroxylation is 1. The summed E-state index contributed by atoms with van der Waals surface area (Å²) >= 11 is 6.06. The van der Waals surface area contributed by atoms with Gasteiger partial charge in [0.15, 0.2) is 5.69 Å². The highest BCUT2D eigenvalue weighted by Gasteiger charge is 2.14. The van der Waals surface area contributed by atoms with Crippen LogP contribution in [0, 0.1) is 5.92 Å². The molecule has 0 aliphatic rings. The summed E-state index contributed by atoms with van der Waals surface area (Å²) in [7, 11) is 1.67. The Morgan fingerprint density at radius 2 is 2.04 bits per heavy atom. The first kappa shape index (κ1) is 17.0. The van der Waals surface area contributed by atoms with Crippen LogP contribution in [0.1, 0.15) is 34.7 Å². The molecule has 1 aromatic heterocycles. The van der Waals surface area contributed by atoms with Gasteiger partial charge in [0.05, 0.1) is 16.8 Å². The van der Waals surface area contributed by atoms with Gasteiger partial charge in [-0.2, -0.15) is 0 Å². The minimum Gasteiger partial charge on any atom is -0.352 e. The number of halogens is 1. The van der Waals surface area contributed by atoms with Crippen molar-refractivity contribution in [2.45, 2.75) is 13.8 Å². The number of nitrogens with zero attached hydrogens (tertiary/aromatic N) is 3. The molecule has 0 atom stereocenters. The molecule has 2 amide bonds. The molecule has 0 radical (unpaired) electrons. The molecule has 122 valence electrons. The highest BCUT2D eigenvalue weighted by atomic mass is 35.5. The van der Waals surface area contributed by atoms with Crippen molar-refractivity contribution in [3.8, 4) is 0 Å². The summed E-state index contributed by atoms with van der Waals surface area (Å²) in [6.07, 6.45) is 1.50. The summed E-state index contributed by atoms with van der Waals surface area (Å²) in [5, 5.41) is 13.2. The van der Waals surface area contributed by atoms with E-state index in [1.54, 1.807) is 19.2 Å². The van der Waals surface area contributed by atoms with Crippen LogP contribution in [0.5, 0.6) is 0 Å². The molecule has 0 fully saturated rings. The van der Waals surface area contributed by atoms with E-state index >= 15 is 0 Å². The fourth-order valence-electron chi connectivity index (χ4n) is 1.82. The number of nitrogens with one attached hydrogen (secondary N) is 2. The van der Waals surface area contributed by atoms with Gasteiger partial charge in [-0.15, -0.1) is 5.10 Å². The van der Waals surface area contributed by atoms with Gasteiger partial charge in [-0.3, -0.25) is 14.3 Å². The van der Waals surface area contributed by atoms with Gasteiger partial charge in [-0.05, 0) is 24.1 Å². The van der Waals surface area contributed by atoms with E-state index in [0.29, 0.717) is 28.7 Å². The van der Waals surface area contributed by atoms with Crippen LogP contribution >= 0.6 is 11.6 Å². The second-order valence-corrected chi connectivity index (χ2v) is 5.94. The fourth-order valence-corrected chi connectivity index (χ4v) is 2.02. The fraction of sp³-hybridized carbons (Fsp3) is 0.333. The average Bonchev–Trinajstić information content (AvgIpc) is 2.93. The lowest BCUT2D eigenvalue weighted by Gasteiger charge is -2.10. The maximum absolute atomic E-state index is 12.1. The number of carbonyl (C=O) groups is 2. The molecule has 1 aromatic carbocycles. The first-order chi connectivity index (χ1) is 10.9. The highest BCUT2D eigenvalue weighted by molar-refractivity contribution is 6.34. The maximum atomic E-state index is 12.1. The van der Waals surface area contributed by atoms with E-state index in [1.165, 1.54) is 16.9 Å². The third kappa shape index (κ3) is 4.53. The monoisotopic (exact) mass is 335 g/mol. The summed E-state index contributed by atoms with van der Waals surface area (Å²) in [5.74, 6) is -0.356. The Hall–Kier alpha value is -2.41. The zero-order chi connectivity index (χ0) is 17.0. The molecular formula is C15H18ClN5O2. The van der Waals surface area contributed by atoms with Crippen molar-refractivity contribution in [2.24, 2.45) is 13.0 Å². The van der Waals surface area contributed by atoms with Crippen LogP contribution in [-0.4, -0.2) is 33.4 Å². The van der Waals surface area contributed by atoms with E-state index in [9.17, 15) is 9.59 Å². The number of benzene rings is 1. The van der Waals surface area contributed by atoms with Gasteiger partial charge in [0.1, 0.15) is 0 Å². The quantitative estimate of drug-likeness (QED) is 0.875. The largest absolute Gasteiger partial charge is 0.352 e. The van der Waals surface area contributed by atoms with E-state index < -0.39 is 5.91 Å². The van der Waals surface area contributed by atoms with Crippen molar-refractivity contribution in [2.75, 3.05) is 11.9 Å². The minimum atomic E-state index is -0.408. The highest BCUT2D eigenvalue weighted by Crippen LogP contribution is 2.21. The van der Waals surface area contributed by atoms with Crippen molar-refractivity contribution in [3.63, 3.8) is 0 Å². The van der Waals surface area contributed by atoms with Crippen LogP contribution in [0.4, 0.5) is 5.69 Å². The molecule has 1 heterocycles. The number of rotatable bonds is 5. The SMILES string of the molecule is CC(C)CNC(=O)c1cc(NC(=O)c2cn(C)nn2)ccc1Cl. The second kappa shape index (κ2) is 7.23. The predicted molar refractivity (Wildman–Crippen MR) is 87.6 cm³/mol. The molecule has 23 heavy (non-hydrogen) atoms. The molecule has 0 saturated heterocycles. The maximum Gasteiger partial charge on any atom is 0.277 e. The Kier molecular flexibility index (Phi) is 5.33. The van der Waals surface area contributed by atoms with Crippen molar-refractivity contribution in [1.82, 2.24) is 20.3 Å². The van der Waals surface area contributed by atoms with Gasteiger partial charge >= 0.3 is 0 Å². The number of hydrogen-bond acceptors (Lipinski definition) is 4. The van der Waals surface area contributed by atoms with Crippen molar-refractivity contribution < 1.29 is 9.59 Å². The summed E-state index contributed by atoms with van der Waals surface area (Å²) in [4.78, 5) is 24.2. The van der Waals surface area contributed by atoms with Crippen LogP contribution in [0.15, 0.2) is 24.4 Å². The van der Waals surface area contributed by atoms with Crippen LogP contribution in [0.3, 0.4) is 0 Å². The van der Waals surface area contributed by atoms with E-state index in [0.717, 1.165) is 0 Å². The van der Waals surface area contributed by atoms with Crippen molar-refractivity contribution in [3.05, 3.63) is 40.7 Å². The van der Waals surface area contributed by atoms with E-state index in [-0.39, 0.29) is 11.6 Å². The van der Waals surface area contributed by atoms with Crippen molar-refractivity contribution in [1.29, 1.82) is 0 Å². The Morgan fingerprint density at radius 1 is 1.30 bits per heavy atom. The van der Waals surface area contributed by atoms with Crippen LogP contribution in [0.25, 0.3) is 0 Å². The lowest BCUT2D eigenvalue weighted by Crippen LogP contribution is -2.27. The zero-order valence-electron chi connectivity index (χ0n) is 13.1. The molecule has 0 bridgehead atoms. The van der Waals surface area contributed by atoms with E-state index in [4.69, 9.17) is 11.6 Å². The molecule has 0 saturated carbocycles. The lowest BCUT2D eigenvalue weighted by molar-refractivity contribution is 0.0947. The van der Waals surface area contributed by atoms with Crippen LogP contribution < -0.4 is 10.6 Å². The third-order valence-electron chi connectivity index (χ3n) is 2.98. The molecule has 0 spiro atoms. The van der Waals surface area contributed by atoms with Crippen LogP contribution in [-0.2, 0) is 7.05 Å². The smallest absolute Gasteiger partial charge is 0.277 e. The summed E-state index contributed by atoms with van der Waals surface area (Å²) in [6.45, 7) is 4.55. The molecule has 2 rings (SSSR count). The number of amides is 2. The van der Waals surface area contributed by atoms with E-state index in [1.807, 2.05) is 13.8 Å². The Morgan fingerprint density at radius 3 is 2.65 bits per heavy atom. The first-order valence-corrected chi connectivity index (χ1v) is 7.50. The van der Waals surface area contributed by atoms with E-state index in [2.05, 4.69) is 20.9 Å². The Labute approximate surface area is 139 Å². The van der Waals surface area contributed by atoms with Gasteiger partial charge in [-0.1, -0.05) is 30.7 Å². The van der Waals surface area contributed by atoms with Gasteiger partial charge in [0.2, 0.25) is 0 Å². The van der Waals surface area contributed by atoms with Gasteiger partial charge in [0, 0.05) is 19.3 Å².